The fourth-order valence-corrected chi connectivity index (χ4v) is 3.96. The van der Waals surface area contributed by atoms with Gasteiger partial charge in [0.05, 0.1) is 0 Å². The number of rotatable bonds is 2. The average Bonchev–Trinajstić information content (AvgIpc) is 2.70. The Bertz CT molecular complexity index is 885. The molecule has 0 spiro atoms. The smallest absolute Gasteiger partial charge is 0.253 e. The molecule has 2 aromatic rings. The van der Waals surface area contributed by atoms with E-state index in [1.807, 2.05) is 23.1 Å². The van der Waals surface area contributed by atoms with Crippen molar-refractivity contribution in [2.24, 2.45) is 0 Å². The van der Waals surface area contributed by atoms with Crippen molar-refractivity contribution in [3.63, 3.8) is 0 Å². The first-order valence-electron chi connectivity index (χ1n) is 9.53. The molecule has 0 unspecified atom stereocenters. The number of aryl methyl sites for hydroxylation is 2. The van der Waals surface area contributed by atoms with E-state index < -0.39 is 0 Å². The Labute approximate surface area is 160 Å². The molecule has 2 heterocycles. The van der Waals surface area contributed by atoms with Crippen LogP contribution in [0, 0.1) is 6.92 Å². The summed E-state index contributed by atoms with van der Waals surface area (Å²) >= 11 is 0. The van der Waals surface area contributed by atoms with Gasteiger partial charge in [0.2, 0.25) is 5.91 Å². The molecule has 0 radical (unpaired) electrons. The van der Waals surface area contributed by atoms with E-state index in [4.69, 9.17) is 0 Å². The lowest BCUT2D eigenvalue weighted by Crippen LogP contribution is -2.48. The highest BCUT2D eigenvalue weighted by molar-refractivity contribution is 5.99. The molecule has 1 saturated heterocycles. The molecule has 5 heteroatoms. The molecule has 0 N–H and O–H groups in total. The van der Waals surface area contributed by atoms with Crippen LogP contribution in [-0.2, 0) is 11.2 Å². The van der Waals surface area contributed by atoms with Crippen LogP contribution in [0.5, 0.6) is 0 Å². The van der Waals surface area contributed by atoms with Gasteiger partial charge in [0, 0.05) is 56.6 Å². The summed E-state index contributed by atoms with van der Waals surface area (Å²) in [7, 11) is 1.80. The zero-order valence-corrected chi connectivity index (χ0v) is 15.9. The molecular formula is C22H25N3O2. The first-order chi connectivity index (χ1) is 13.0. The van der Waals surface area contributed by atoms with Crippen molar-refractivity contribution >= 4 is 23.2 Å². The minimum absolute atomic E-state index is 0.0845. The molecule has 27 heavy (non-hydrogen) atoms. The van der Waals surface area contributed by atoms with E-state index in [-0.39, 0.29) is 11.8 Å². The van der Waals surface area contributed by atoms with Crippen molar-refractivity contribution in [3.8, 4) is 0 Å². The molecule has 140 valence electrons. The van der Waals surface area contributed by atoms with Gasteiger partial charge in [-0.05, 0) is 54.8 Å². The molecule has 0 saturated carbocycles. The third kappa shape index (κ3) is 3.42. The summed E-state index contributed by atoms with van der Waals surface area (Å²) in [6, 6.07) is 14.2. The van der Waals surface area contributed by atoms with Gasteiger partial charge in [0.1, 0.15) is 0 Å². The predicted molar refractivity (Wildman–Crippen MR) is 107 cm³/mol. The molecule has 1 fully saturated rings. The molecule has 0 aliphatic carbocycles. The fourth-order valence-electron chi connectivity index (χ4n) is 3.96. The number of piperazine rings is 1. The first-order valence-corrected chi connectivity index (χ1v) is 9.53. The lowest BCUT2D eigenvalue weighted by molar-refractivity contribution is -0.118. The van der Waals surface area contributed by atoms with Crippen molar-refractivity contribution in [2.75, 3.05) is 43.0 Å². The SMILES string of the molecule is Cc1cccc(N2CCN(C(=O)c3ccc4c(c3)CCC(=O)N4C)CC2)c1. The van der Waals surface area contributed by atoms with Crippen molar-refractivity contribution < 1.29 is 9.59 Å². The van der Waals surface area contributed by atoms with Gasteiger partial charge in [-0.25, -0.2) is 0 Å². The summed E-state index contributed by atoms with van der Waals surface area (Å²) in [5.74, 6) is 0.218. The maximum absolute atomic E-state index is 13.0. The second-order valence-corrected chi connectivity index (χ2v) is 7.41. The van der Waals surface area contributed by atoms with Gasteiger partial charge in [-0.15, -0.1) is 0 Å². The molecule has 2 aliphatic rings. The molecule has 5 nitrogen and oxygen atoms in total. The molecule has 0 atom stereocenters. The fraction of sp³-hybridized carbons (Fsp3) is 0.364. The third-order valence-corrected chi connectivity index (χ3v) is 5.60. The summed E-state index contributed by atoms with van der Waals surface area (Å²) in [6.45, 7) is 5.24. The summed E-state index contributed by atoms with van der Waals surface area (Å²) in [6.07, 6.45) is 1.22. The summed E-state index contributed by atoms with van der Waals surface area (Å²) < 4.78 is 0. The Hall–Kier alpha value is -2.82. The molecule has 4 rings (SSSR count). The maximum atomic E-state index is 13.0. The predicted octanol–water partition coefficient (Wildman–Crippen LogP) is 2.87. The topological polar surface area (TPSA) is 43.9 Å². The van der Waals surface area contributed by atoms with Crippen LogP contribution in [0.1, 0.15) is 27.9 Å². The lowest BCUT2D eigenvalue weighted by atomic mass is 9.98. The van der Waals surface area contributed by atoms with E-state index in [9.17, 15) is 9.59 Å². The van der Waals surface area contributed by atoms with Crippen LogP contribution in [0.2, 0.25) is 0 Å². The number of hydrogen-bond donors (Lipinski definition) is 0. The molecule has 0 bridgehead atoms. The number of hydrogen-bond acceptors (Lipinski definition) is 3. The van der Waals surface area contributed by atoms with Crippen LogP contribution < -0.4 is 9.80 Å². The summed E-state index contributed by atoms with van der Waals surface area (Å²) in [5, 5.41) is 0. The normalized spacial score (nSPS) is 17.1. The molecular weight excluding hydrogens is 338 g/mol. The van der Waals surface area contributed by atoms with Crippen LogP contribution in [-0.4, -0.2) is 49.9 Å². The van der Waals surface area contributed by atoms with Gasteiger partial charge in [0.15, 0.2) is 0 Å². The minimum Gasteiger partial charge on any atom is -0.368 e. The lowest BCUT2D eigenvalue weighted by Gasteiger charge is -2.36. The zero-order valence-electron chi connectivity index (χ0n) is 15.9. The second kappa shape index (κ2) is 7.06. The van der Waals surface area contributed by atoms with Gasteiger partial charge >= 0.3 is 0 Å². The van der Waals surface area contributed by atoms with Crippen LogP contribution in [0.4, 0.5) is 11.4 Å². The van der Waals surface area contributed by atoms with E-state index in [1.165, 1.54) is 11.3 Å². The number of amides is 2. The van der Waals surface area contributed by atoms with Gasteiger partial charge in [-0.2, -0.15) is 0 Å². The quantitative estimate of drug-likeness (QED) is 0.824. The van der Waals surface area contributed by atoms with Crippen molar-refractivity contribution in [1.29, 1.82) is 0 Å². The number of nitrogens with zero attached hydrogens (tertiary/aromatic N) is 3. The van der Waals surface area contributed by atoms with Gasteiger partial charge < -0.3 is 14.7 Å². The van der Waals surface area contributed by atoms with Crippen molar-refractivity contribution in [3.05, 3.63) is 59.2 Å². The molecule has 2 aliphatic heterocycles. The number of fused-ring (bicyclic) bond motifs is 1. The number of benzene rings is 2. The van der Waals surface area contributed by atoms with E-state index >= 15 is 0 Å². The molecule has 0 aromatic heterocycles. The highest BCUT2D eigenvalue weighted by Crippen LogP contribution is 2.28. The van der Waals surface area contributed by atoms with Crippen LogP contribution >= 0.6 is 0 Å². The van der Waals surface area contributed by atoms with Gasteiger partial charge in [-0.1, -0.05) is 12.1 Å². The molecule has 2 amide bonds. The zero-order chi connectivity index (χ0) is 19.0. The van der Waals surface area contributed by atoms with E-state index in [0.717, 1.165) is 43.0 Å². The third-order valence-electron chi connectivity index (χ3n) is 5.60. The largest absolute Gasteiger partial charge is 0.368 e. The standard InChI is InChI=1S/C22H25N3O2/c1-16-4-3-5-19(14-16)24-10-12-25(13-11-24)22(27)18-6-8-20-17(15-18)7-9-21(26)23(20)2/h3-6,8,14-15H,7,9-13H2,1-2H3. The number of carbonyl (C=O) groups excluding carboxylic acids is 2. The van der Waals surface area contributed by atoms with E-state index in [2.05, 4.69) is 36.1 Å². The van der Waals surface area contributed by atoms with Crippen LogP contribution in [0.25, 0.3) is 0 Å². The summed E-state index contributed by atoms with van der Waals surface area (Å²) in [4.78, 5) is 30.8. The Kier molecular flexibility index (Phi) is 4.60. The highest BCUT2D eigenvalue weighted by atomic mass is 16.2. The Morgan fingerprint density at radius 1 is 0.963 bits per heavy atom. The van der Waals surface area contributed by atoms with Crippen molar-refractivity contribution in [1.82, 2.24) is 4.90 Å². The Morgan fingerprint density at radius 3 is 2.48 bits per heavy atom. The van der Waals surface area contributed by atoms with Crippen LogP contribution in [0.15, 0.2) is 42.5 Å². The van der Waals surface area contributed by atoms with E-state index in [0.29, 0.717) is 12.8 Å². The van der Waals surface area contributed by atoms with Crippen LogP contribution in [0.3, 0.4) is 0 Å². The molecule has 2 aromatic carbocycles. The van der Waals surface area contributed by atoms with Gasteiger partial charge in [0.25, 0.3) is 5.91 Å². The first kappa shape index (κ1) is 17.6. The Morgan fingerprint density at radius 2 is 1.74 bits per heavy atom. The minimum atomic E-state index is 0.0845. The summed E-state index contributed by atoms with van der Waals surface area (Å²) in [5.41, 5.74) is 5.21. The second-order valence-electron chi connectivity index (χ2n) is 7.41. The number of anilines is 2. The van der Waals surface area contributed by atoms with E-state index in [1.54, 1.807) is 11.9 Å². The Balaban J connectivity index is 1.45. The highest BCUT2D eigenvalue weighted by Gasteiger charge is 2.25. The monoisotopic (exact) mass is 363 g/mol. The van der Waals surface area contributed by atoms with Crippen molar-refractivity contribution in [2.45, 2.75) is 19.8 Å². The number of carbonyl (C=O) groups is 2. The maximum Gasteiger partial charge on any atom is 0.253 e. The van der Waals surface area contributed by atoms with Gasteiger partial charge in [-0.3, -0.25) is 9.59 Å². The average molecular weight is 363 g/mol.